The Labute approximate surface area is 195 Å². The average molecular weight is 530 g/mol. The van der Waals surface area contributed by atoms with Crippen LogP contribution in [0.1, 0.15) is 29.3 Å². The third kappa shape index (κ3) is 6.34. The third-order valence-corrected chi connectivity index (χ3v) is 6.50. The Balaban J connectivity index is 1.66. The van der Waals surface area contributed by atoms with E-state index >= 15 is 0 Å². The van der Waals surface area contributed by atoms with E-state index in [2.05, 4.69) is 33.2 Å². The van der Waals surface area contributed by atoms with Gasteiger partial charge in [-0.2, -0.15) is 0 Å². The monoisotopic (exact) mass is 530 g/mol. The van der Waals surface area contributed by atoms with Crippen LogP contribution in [0.3, 0.4) is 0 Å². The van der Waals surface area contributed by atoms with E-state index in [0.717, 1.165) is 19.7 Å². The molecule has 4 nitrogen and oxygen atoms in total. The summed E-state index contributed by atoms with van der Waals surface area (Å²) >= 11 is 3.73. The van der Waals surface area contributed by atoms with Gasteiger partial charge in [0.25, 0.3) is 5.91 Å². The van der Waals surface area contributed by atoms with Gasteiger partial charge >= 0.3 is 0 Å². The summed E-state index contributed by atoms with van der Waals surface area (Å²) in [6.07, 6.45) is 0.695. The van der Waals surface area contributed by atoms with Gasteiger partial charge in [-0.15, -0.1) is 11.8 Å². The van der Waals surface area contributed by atoms with Gasteiger partial charge in [0.15, 0.2) is 0 Å². The summed E-state index contributed by atoms with van der Waals surface area (Å²) in [5, 5.41) is 5.69. The molecule has 0 spiro atoms. The number of hydrogen-bond acceptors (Lipinski definition) is 3. The van der Waals surface area contributed by atoms with Crippen LogP contribution < -0.4 is 10.6 Å². The summed E-state index contributed by atoms with van der Waals surface area (Å²) in [6, 6.07) is 22.8. The summed E-state index contributed by atoms with van der Waals surface area (Å²) in [7, 11) is 0. The van der Waals surface area contributed by atoms with Crippen molar-refractivity contribution in [1.29, 1.82) is 0 Å². The normalized spacial score (nSPS) is 11.6. The van der Waals surface area contributed by atoms with Crippen molar-refractivity contribution in [1.82, 2.24) is 0 Å². The number of carbonyl (C=O) groups is 2. The van der Waals surface area contributed by atoms with Gasteiger partial charge in [0.2, 0.25) is 5.91 Å². The van der Waals surface area contributed by atoms with Gasteiger partial charge in [0.05, 0.1) is 5.25 Å². The van der Waals surface area contributed by atoms with Crippen LogP contribution in [-0.4, -0.2) is 17.1 Å². The summed E-state index contributed by atoms with van der Waals surface area (Å²) < 4.78 is 1.12. The number of hydrogen-bond donors (Lipinski definition) is 2. The highest BCUT2D eigenvalue weighted by Gasteiger charge is 2.18. The number of rotatable bonds is 7. The molecule has 0 saturated heterocycles. The molecule has 0 aliphatic heterocycles. The molecule has 0 bridgehead atoms. The molecule has 3 aromatic rings. The second-order valence-electron chi connectivity index (χ2n) is 6.86. The first-order valence-corrected chi connectivity index (χ1v) is 11.6. The van der Waals surface area contributed by atoms with E-state index in [1.54, 1.807) is 6.07 Å². The zero-order valence-corrected chi connectivity index (χ0v) is 19.8. The number of aryl methyl sites for hydroxylation is 1. The van der Waals surface area contributed by atoms with Gasteiger partial charge < -0.3 is 10.6 Å². The molecular formula is C24H23IN2O2S. The Morgan fingerprint density at radius 3 is 2.37 bits per heavy atom. The lowest BCUT2D eigenvalue weighted by Gasteiger charge is -2.15. The third-order valence-electron chi connectivity index (χ3n) is 4.43. The molecule has 3 rings (SSSR count). The van der Waals surface area contributed by atoms with Crippen molar-refractivity contribution in [3.05, 3.63) is 87.5 Å². The van der Waals surface area contributed by atoms with E-state index in [1.165, 1.54) is 11.8 Å². The van der Waals surface area contributed by atoms with Crippen molar-refractivity contribution in [3.8, 4) is 0 Å². The van der Waals surface area contributed by atoms with Crippen molar-refractivity contribution in [2.24, 2.45) is 0 Å². The molecule has 3 aromatic carbocycles. The minimum Gasteiger partial charge on any atom is -0.325 e. The smallest absolute Gasteiger partial charge is 0.255 e. The van der Waals surface area contributed by atoms with Crippen LogP contribution in [0.25, 0.3) is 0 Å². The zero-order valence-electron chi connectivity index (χ0n) is 16.8. The van der Waals surface area contributed by atoms with Gasteiger partial charge in [0, 0.05) is 25.4 Å². The highest BCUT2D eigenvalue weighted by atomic mass is 127. The summed E-state index contributed by atoms with van der Waals surface area (Å²) in [6.45, 7) is 3.95. The van der Waals surface area contributed by atoms with Crippen LogP contribution in [0.2, 0.25) is 0 Å². The predicted octanol–water partition coefficient (Wildman–Crippen LogP) is 6.36. The molecule has 154 valence electrons. The molecule has 0 saturated carbocycles. The Morgan fingerprint density at radius 1 is 0.933 bits per heavy atom. The maximum atomic E-state index is 12.7. The maximum Gasteiger partial charge on any atom is 0.255 e. The summed E-state index contributed by atoms with van der Waals surface area (Å²) in [4.78, 5) is 26.1. The van der Waals surface area contributed by atoms with E-state index < -0.39 is 0 Å². The molecule has 0 fully saturated rings. The fraction of sp³-hybridized carbons (Fsp3) is 0.167. The highest BCUT2D eigenvalue weighted by Crippen LogP contribution is 2.29. The molecule has 0 aliphatic rings. The molecule has 30 heavy (non-hydrogen) atoms. The summed E-state index contributed by atoms with van der Waals surface area (Å²) in [5.41, 5.74) is 3.16. The highest BCUT2D eigenvalue weighted by molar-refractivity contribution is 14.1. The molecule has 1 atom stereocenters. The number of amides is 2. The van der Waals surface area contributed by atoms with Crippen molar-refractivity contribution in [2.45, 2.75) is 30.4 Å². The van der Waals surface area contributed by atoms with Crippen LogP contribution in [0.15, 0.2) is 77.7 Å². The number of halogens is 1. The number of nitrogens with one attached hydrogen (secondary N) is 2. The van der Waals surface area contributed by atoms with E-state index in [4.69, 9.17) is 0 Å². The quantitative estimate of drug-likeness (QED) is 0.276. The zero-order chi connectivity index (χ0) is 21.5. The Morgan fingerprint density at radius 2 is 1.67 bits per heavy atom. The number of anilines is 2. The van der Waals surface area contributed by atoms with Crippen LogP contribution in [-0.2, 0) is 4.79 Å². The van der Waals surface area contributed by atoms with Crippen LogP contribution in [0, 0.1) is 10.5 Å². The molecule has 0 radical (unpaired) electrons. The fourth-order valence-electron chi connectivity index (χ4n) is 2.88. The number of thioether (sulfide) groups is 1. The van der Waals surface area contributed by atoms with Crippen molar-refractivity contribution in [3.63, 3.8) is 0 Å². The first kappa shape index (κ1) is 22.4. The molecule has 6 heteroatoms. The second kappa shape index (κ2) is 10.6. The van der Waals surface area contributed by atoms with Crippen LogP contribution in [0.5, 0.6) is 0 Å². The van der Waals surface area contributed by atoms with E-state index in [0.29, 0.717) is 17.7 Å². The average Bonchev–Trinajstić information content (AvgIpc) is 2.74. The first-order valence-electron chi connectivity index (χ1n) is 9.66. The molecular weight excluding hydrogens is 507 g/mol. The van der Waals surface area contributed by atoms with Gasteiger partial charge in [-0.1, -0.05) is 30.7 Å². The molecule has 0 heterocycles. The first-order chi connectivity index (χ1) is 14.4. The topological polar surface area (TPSA) is 58.2 Å². The van der Waals surface area contributed by atoms with E-state index in [9.17, 15) is 9.59 Å². The second-order valence-corrected chi connectivity index (χ2v) is 9.38. The Kier molecular flexibility index (Phi) is 7.93. The van der Waals surface area contributed by atoms with Crippen molar-refractivity contribution in [2.75, 3.05) is 10.6 Å². The largest absolute Gasteiger partial charge is 0.325 e. The van der Waals surface area contributed by atoms with Crippen molar-refractivity contribution >= 4 is 57.5 Å². The lowest BCUT2D eigenvalue weighted by molar-refractivity contribution is -0.115. The van der Waals surface area contributed by atoms with Gasteiger partial charge in [-0.25, -0.2) is 0 Å². The van der Waals surface area contributed by atoms with Crippen LogP contribution >= 0.6 is 34.4 Å². The molecule has 2 amide bonds. The van der Waals surface area contributed by atoms with Crippen LogP contribution in [0.4, 0.5) is 11.4 Å². The standard InChI is InChI=1S/C24H23IN2O2S/c1-3-22(24(29)26-19-12-10-18(25)11-13-19)30-21-9-5-8-20(15-21)27-23(28)17-7-4-6-16(2)14-17/h4-15,22H,3H2,1-2H3,(H,26,29)(H,27,28). The van der Waals surface area contributed by atoms with Crippen molar-refractivity contribution < 1.29 is 9.59 Å². The molecule has 0 aliphatic carbocycles. The molecule has 0 aromatic heterocycles. The molecule has 1 unspecified atom stereocenters. The number of carbonyl (C=O) groups excluding carboxylic acids is 2. The van der Waals surface area contributed by atoms with E-state index in [-0.39, 0.29) is 17.1 Å². The molecule has 2 N–H and O–H groups in total. The van der Waals surface area contributed by atoms with Gasteiger partial charge in [-0.05, 0) is 90.5 Å². The van der Waals surface area contributed by atoms with Gasteiger partial charge in [-0.3, -0.25) is 9.59 Å². The van der Waals surface area contributed by atoms with E-state index in [1.807, 2.05) is 80.6 Å². The fourth-order valence-corrected chi connectivity index (χ4v) is 4.25. The SMILES string of the molecule is CCC(Sc1cccc(NC(=O)c2cccc(C)c2)c1)C(=O)Nc1ccc(I)cc1. The lowest BCUT2D eigenvalue weighted by atomic mass is 10.1. The Hall–Kier alpha value is -2.32. The maximum absolute atomic E-state index is 12.7. The lowest BCUT2D eigenvalue weighted by Crippen LogP contribution is -2.24. The van der Waals surface area contributed by atoms with Gasteiger partial charge in [0.1, 0.15) is 0 Å². The Bertz CT molecular complexity index is 1040. The minimum absolute atomic E-state index is 0.0297. The summed E-state index contributed by atoms with van der Waals surface area (Å²) in [5.74, 6) is -0.178. The minimum atomic E-state index is -0.230. The predicted molar refractivity (Wildman–Crippen MR) is 133 cm³/mol. The number of benzene rings is 3.